The lowest BCUT2D eigenvalue weighted by Gasteiger charge is -2.30. The molecule has 120 valence electrons. The average Bonchev–Trinajstić information content (AvgIpc) is 2.41. The van der Waals surface area contributed by atoms with Crippen LogP contribution in [-0.2, 0) is 9.53 Å². The Kier molecular flexibility index (Phi) is 7.65. The summed E-state index contributed by atoms with van der Waals surface area (Å²) in [5.74, 6) is 0.0161. The summed E-state index contributed by atoms with van der Waals surface area (Å²) < 4.78 is 5.33. The first-order chi connectivity index (χ1) is 9.90. The van der Waals surface area contributed by atoms with Gasteiger partial charge in [-0.15, -0.1) is 0 Å². The van der Waals surface area contributed by atoms with Crippen LogP contribution in [0.15, 0.2) is 0 Å². The molecule has 1 aliphatic rings. The molecule has 0 aromatic rings. The van der Waals surface area contributed by atoms with Gasteiger partial charge in [0, 0.05) is 44.7 Å². The maximum Gasteiger partial charge on any atom is 0.234 e. The molecular weight excluding hydrogens is 268 g/mol. The molecule has 6 heteroatoms. The lowest BCUT2D eigenvalue weighted by atomic mass is 10.1. The number of carbonyl (C=O) groups is 1. The molecule has 1 amide bonds. The number of hydrogen-bond acceptors (Lipinski definition) is 5. The number of ether oxygens (including phenoxy) is 1. The highest BCUT2D eigenvalue weighted by molar-refractivity contribution is 5.78. The summed E-state index contributed by atoms with van der Waals surface area (Å²) in [6.07, 6.45) is 0.450. The van der Waals surface area contributed by atoms with Gasteiger partial charge in [0.25, 0.3) is 0 Å². The van der Waals surface area contributed by atoms with E-state index in [0.29, 0.717) is 19.5 Å². The molecule has 0 atom stereocenters. The number of amides is 1. The van der Waals surface area contributed by atoms with Crippen molar-refractivity contribution in [2.24, 2.45) is 0 Å². The van der Waals surface area contributed by atoms with Crippen molar-refractivity contribution in [2.45, 2.75) is 32.7 Å². The van der Waals surface area contributed by atoms with Crippen LogP contribution in [0.2, 0.25) is 0 Å². The molecule has 0 bridgehead atoms. The molecular formula is C15H28N4O2. The van der Waals surface area contributed by atoms with Gasteiger partial charge in [0.05, 0.1) is 25.8 Å². The molecule has 1 N–H and O–H groups in total. The SMILES string of the molecule is CC(C)(C)NC(=O)CN(CCC#N)CCN1CCOCC1. The van der Waals surface area contributed by atoms with E-state index in [9.17, 15) is 4.79 Å². The predicted molar refractivity (Wildman–Crippen MR) is 81.8 cm³/mol. The Hall–Kier alpha value is -1.16. The molecule has 0 aromatic heterocycles. The van der Waals surface area contributed by atoms with Gasteiger partial charge in [0.1, 0.15) is 0 Å². The van der Waals surface area contributed by atoms with E-state index >= 15 is 0 Å². The first-order valence-corrected chi connectivity index (χ1v) is 7.61. The number of hydrogen-bond donors (Lipinski definition) is 1. The molecule has 0 unspecified atom stereocenters. The summed E-state index contributed by atoms with van der Waals surface area (Å²) in [6.45, 7) is 12.1. The maximum atomic E-state index is 12.0. The third-order valence-electron chi connectivity index (χ3n) is 3.26. The molecule has 0 radical (unpaired) electrons. The van der Waals surface area contributed by atoms with Crippen molar-refractivity contribution in [1.82, 2.24) is 15.1 Å². The van der Waals surface area contributed by atoms with Gasteiger partial charge in [-0.3, -0.25) is 14.6 Å². The van der Waals surface area contributed by atoms with E-state index in [1.54, 1.807) is 0 Å². The van der Waals surface area contributed by atoms with Crippen LogP contribution in [-0.4, -0.2) is 73.7 Å². The number of morpholine rings is 1. The van der Waals surface area contributed by atoms with Crippen molar-refractivity contribution < 1.29 is 9.53 Å². The summed E-state index contributed by atoms with van der Waals surface area (Å²) >= 11 is 0. The zero-order valence-corrected chi connectivity index (χ0v) is 13.5. The molecule has 1 heterocycles. The van der Waals surface area contributed by atoms with Crippen molar-refractivity contribution in [1.29, 1.82) is 5.26 Å². The molecule has 0 aromatic carbocycles. The Morgan fingerprint density at radius 3 is 2.57 bits per heavy atom. The van der Waals surface area contributed by atoms with Gasteiger partial charge >= 0.3 is 0 Å². The second-order valence-corrected chi connectivity index (χ2v) is 6.44. The van der Waals surface area contributed by atoms with E-state index in [1.165, 1.54) is 0 Å². The van der Waals surface area contributed by atoms with Crippen molar-refractivity contribution >= 4 is 5.91 Å². The average molecular weight is 296 g/mol. The monoisotopic (exact) mass is 296 g/mol. The van der Waals surface area contributed by atoms with Crippen molar-refractivity contribution in [3.05, 3.63) is 0 Å². The van der Waals surface area contributed by atoms with Crippen LogP contribution in [0.5, 0.6) is 0 Å². The van der Waals surface area contributed by atoms with Crippen molar-refractivity contribution in [3.63, 3.8) is 0 Å². The van der Waals surface area contributed by atoms with Crippen LogP contribution in [0.3, 0.4) is 0 Å². The number of nitrogens with one attached hydrogen (secondary N) is 1. The van der Waals surface area contributed by atoms with Crippen LogP contribution in [0.1, 0.15) is 27.2 Å². The minimum Gasteiger partial charge on any atom is -0.379 e. The fraction of sp³-hybridized carbons (Fsp3) is 0.867. The third kappa shape index (κ3) is 8.66. The second kappa shape index (κ2) is 8.98. The second-order valence-electron chi connectivity index (χ2n) is 6.44. The molecule has 0 aliphatic carbocycles. The fourth-order valence-corrected chi connectivity index (χ4v) is 2.25. The number of carbonyl (C=O) groups excluding carboxylic acids is 1. The van der Waals surface area contributed by atoms with Crippen molar-refractivity contribution in [3.8, 4) is 6.07 Å². The van der Waals surface area contributed by atoms with E-state index in [0.717, 1.165) is 39.4 Å². The minimum absolute atomic E-state index is 0.0161. The quantitative estimate of drug-likeness (QED) is 0.739. The highest BCUT2D eigenvalue weighted by Crippen LogP contribution is 2.01. The first kappa shape index (κ1) is 17.9. The largest absolute Gasteiger partial charge is 0.379 e. The summed E-state index contributed by atoms with van der Waals surface area (Å²) in [7, 11) is 0. The normalized spacial score (nSPS) is 16.7. The highest BCUT2D eigenvalue weighted by atomic mass is 16.5. The van der Waals surface area contributed by atoms with Gasteiger partial charge in [-0.25, -0.2) is 0 Å². The third-order valence-corrected chi connectivity index (χ3v) is 3.26. The summed E-state index contributed by atoms with van der Waals surface area (Å²) in [5, 5.41) is 11.7. The lowest BCUT2D eigenvalue weighted by molar-refractivity contribution is -0.123. The molecule has 0 spiro atoms. The van der Waals surface area contributed by atoms with Gasteiger partial charge in [-0.05, 0) is 20.8 Å². The van der Waals surface area contributed by atoms with Crippen molar-refractivity contribution in [2.75, 3.05) is 52.5 Å². The van der Waals surface area contributed by atoms with Crippen LogP contribution in [0.25, 0.3) is 0 Å². The van der Waals surface area contributed by atoms with E-state index in [2.05, 4.69) is 21.2 Å². The molecule has 1 fully saturated rings. The van der Waals surface area contributed by atoms with Gasteiger partial charge in [0.15, 0.2) is 0 Å². The highest BCUT2D eigenvalue weighted by Gasteiger charge is 2.18. The number of nitriles is 1. The first-order valence-electron chi connectivity index (χ1n) is 7.61. The van der Waals surface area contributed by atoms with Gasteiger partial charge < -0.3 is 10.1 Å². The zero-order valence-electron chi connectivity index (χ0n) is 13.5. The van der Waals surface area contributed by atoms with Crippen LogP contribution < -0.4 is 5.32 Å². The lowest BCUT2D eigenvalue weighted by Crippen LogP contribution is -2.48. The fourth-order valence-electron chi connectivity index (χ4n) is 2.25. The molecule has 1 saturated heterocycles. The van der Waals surface area contributed by atoms with Gasteiger partial charge in [-0.2, -0.15) is 5.26 Å². The summed E-state index contributed by atoms with van der Waals surface area (Å²) in [5.41, 5.74) is -0.220. The molecule has 6 nitrogen and oxygen atoms in total. The Morgan fingerprint density at radius 1 is 1.33 bits per heavy atom. The van der Waals surface area contributed by atoms with E-state index in [1.807, 2.05) is 20.8 Å². The summed E-state index contributed by atoms with van der Waals surface area (Å²) in [4.78, 5) is 16.4. The standard InChI is InChI=1S/C15H28N4O2/c1-15(2,3)17-14(20)13-19(6-4-5-16)8-7-18-9-11-21-12-10-18/h4,6-13H2,1-3H3,(H,17,20). The summed E-state index contributed by atoms with van der Waals surface area (Å²) in [6, 6.07) is 2.15. The topological polar surface area (TPSA) is 68.6 Å². The van der Waals surface area contributed by atoms with E-state index in [4.69, 9.17) is 10.00 Å². The molecule has 1 aliphatic heterocycles. The molecule has 21 heavy (non-hydrogen) atoms. The Labute approximate surface area is 128 Å². The van der Waals surface area contributed by atoms with Gasteiger partial charge in [-0.1, -0.05) is 0 Å². The van der Waals surface area contributed by atoms with Gasteiger partial charge in [0.2, 0.25) is 5.91 Å². The van der Waals surface area contributed by atoms with Crippen LogP contribution >= 0.6 is 0 Å². The van der Waals surface area contributed by atoms with E-state index in [-0.39, 0.29) is 11.4 Å². The Bertz CT molecular complexity index is 354. The Balaban J connectivity index is 2.39. The predicted octanol–water partition coefficient (Wildman–Crippen LogP) is 0.449. The zero-order chi connectivity index (χ0) is 15.7. The van der Waals surface area contributed by atoms with E-state index < -0.39 is 0 Å². The van der Waals surface area contributed by atoms with Crippen LogP contribution in [0.4, 0.5) is 0 Å². The number of nitrogens with zero attached hydrogens (tertiary/aromatic N) is 3. The van der Waals surface area contributed by atoms with Crippen LogP contribution in [0, 0.1) is 11.3 Å². The molecule has 0 saturated carbocycles. The minimum atomic E-state index is -0.220. The number of rotatable bonds is 7. The molecule has 1 rings (SSSR count). The maximum absolute atomic E-state index is 12.0. The Morgan fingerprint density at radius 2 is 2.00 bits per heavy atom. The smallest absolute Gasteiger partial charge is 0.234 e.